The van der Waals surface area contributed by atoms with Crippen LogP contribution in [0.15, 0.2) is 47.6 Å². The molecule has 1 aliphatic carbocycles. The summed E-state index contributed by atoms with van der Waals surface area (Å²) in [5.41, 5.74) is 2.44. The van der Waals surface area contributed by atoms with E-state index in [4.69, 9.17) is 5.26 Å². The lowest BCUT2D eigenvalue weighted by Gasteiger charge is -2.13. The van der Waals surface area contributed by atoms with E-state index in [1.807, 2.05) is 18.2 Å². The predicted octanol–water partition coefficient (Wildman–Crippen LogP) is 3.33. The molecular formula is C16H12N2O2S. The Bertz CT molecular complexity index is 731. The Balaban J connectivity index is 1.96. The van der Waals surface area contributed by atoms with Gasteiger partial charge in [-0.05, 0) is 36.6 Å². The van der Waals surface area contributed by atoms with Gasteiger partial charge in [0.15, 0.2) is 0 Å². The normalized spacial score (nSPS) is 15.2. The summed E-state index contributed by atoms with van der Waals surface area (Å²) in [7, 11) is 0. The number of thioether (sulfide) groups is 1. The van der Waals surface area contributed by atoms with E-state index in [0.717, 1.165) is 16.0 Å². The van der Waals surface area contributed by atoms with Crippen molar-refractivity contribution in [2.45, 2.75) is 22.5 Å². The second-order valence-electron chi connectivity index (χ2n) is 4.96. The minimum absolute atomic E-state index is 0.598. The number of carboxylic acids is 1. The second-order valence-corrected chi connectivity index (χ2v) is 6.39. The molecule has 0 spiro atoms. The van der Waals surface area contributed by atoms with E-state index in [1.54, 1.807) is 24.5 Å². The number of benzene rings is 1. The van der Waals surface area contributed by atoms with Gasteiger partial charge in [0.25, 0.3) is 0 Å². The zero-order chi connectivity index (χ0) is 14.9. The third-order valence-corrected chi connectivity index (χ3v) is 5.05. The van der Waals surface area contributed by atoms with E-state index in [-0.39, 0.29) is 0 Å². The van der Waals surface area contributed by atoms with E-state index in [9.17, 15) is 9.90 Å². The van der Waals surface area contributed by atoms with Crippen LogP contribution in [0.4, 0.5) is 0 Å². The van der Waals surface area contributed by atoms with Gasteiger partial charge in [0.2, 0.25) is 0 Å². The number of carbonyl (C=O) groups is 1. The zero-order valence-corrected chi connectivity index (χ0v) is 11.9. The minimum atomic E-state index is -0.755. The summed E-state index contributed by atoms with van der Waals surface area (Å²) in [6.07, 6.45) is 4.80. The molecule has 1 aliphatic rings. The number of aromatic nitrogens is 1. The number of carboxylic acid groups (broad SMARTS) is 1. The Morgan fingerprint density at radius 3 is 2.57 bits per heavy atom. The Morgan fingerprint density at radius 1 is 1.29 bits per heavy atom. The maximum atomic E-state index is 11.3. The van der Waals surface area contributed by atoms with Crippen LogP contribution in [0, 0.1) is 11.3 Å². The highest BCUT2D eigenvalue weighted by Gasteiger charge is 2.51. The van der Waals surface area contributed by atoms with Crippen LogP contribution in [0.2, 0.25) is 0 Å². The number of rotatable bonds is 4. The Hall–Kier alpha value is -2.32. The molecule has 0 aliphatic heterocycles. The summed E-state index contributed by atoms with van der Waals surface area (Å²) in [4.78, 5) is 16.4. The number of hydrogen-bond acceptors (Lipinski definition) is 4. The lowest BCUT2D eigenvalue weighted by molar-refractivity contribution is -0.137. The average Bonchev–Trinajstić information content (AvgIpc) is 3.29. The molecule has 1 aromatic heterocycles. The standard InChI is InChI=1S/C16H12N2O2S/c17-9-11-1-3-12(4-2-11)13-10-18-8-5-14(13)21-16(6-7-16)15(19)20/h1-5,8,10H,6-7H2,(H,19,20). The van der Waals surface area contributed by atoms with Crippen LogP contribution in [0.25, 0.3) is 11.1 Å². The van der Waals surface area contributed by atoms with Gasteiger partial charge in [-0.1, -0.05) is 12.1 Å². The summed E-state index contributed by atoms with van der Waals surface area (Å²) in [5, 5.41) is 18.2. The maximum Gasteiger partial charge on any atom is 0.320 e. The molecule has 1 saturated carbocycles. The van der Waals surface area contributed by atoms with Crippen molar-refractivity contribution in [2.75, 3.05) is 0 Å². The molecule has 1 heterocycles. The molecule has 5 heteroatoms. The van der Waals surface area contributed by atoms with Gasteiger partial charge in [0, 0.05) is 22.9 Å². The average molecular weight is 296 g/mol. The fourth-order valence-corrected chi connectivity index (χ4v) is 3.32. The predicted molar refractivity (Wildman–Crippen MR) is 79.8 cm³/mol. The monoisotopic (exact) mass is 296 g/mol. The van der Waals surface area contributed by atoms with Gasteiger partial charge in [-0.15, -0.1) is 11.8 Å². The fourth-order valence-electron chi connectivity index (χ4n) is 2.10. The van der Waals surface area contributed by atoms with Crippen LogP contribution in [-0.4, -0.2) is 20.8 Å². The lowest BCUT2D eigenvalue weighted by Crippen LogP contribution is -2.17. The van der Waals surface area contributed by atoms with Gasteiger partial charge in [-0.3, -0.25) is 9.78 Å². The molecule has 0 radical (unpaired) electrons. The molecule has 1 N–H and O–H groups in total. The maximum absolute atomic E-state index is 11.3. The number of hydrogen-bond donors (Lipinski definition) is 1. The first-order valence-electron chi connectivity index (χ1n) is 6.52. The first-order chi connectivity index (χ1) is 10.1. The van der Waals surface area contributed by atoms with E-state index >= 15 is 0 Å². The van der Waals surface area contributed by atoms with Gasteiger partial charge in [-0.2, -0.15) is 5.26 Å². The molecule has 0 atom stereocenters. The van der Waals surface area contributed by atoms with Crippen molar-refractivity contribution < 1.29 is 9.90 Å². The van der Waals surface area contributed by atoms with Crippen LogP contribution in [0.3, 0.4) is 0 Å². The molecule has 0 saturated heterocycles. The second kappa shape index (κ2) is 5.23. The highest BCUT2D eigenvalue weighted by Crippen LogP contribution is 2.53. The van der Waals surface area contributed by atoms with Crippen molar-refractivity contribution in [1.82, 2.24) is 4.98 Å². The Labute approximate surface area is 126 Å². The topological polar surface area (TPSA) is 74.0 Å². The highest BCUT2D eigenvalue weighted by atomic mass is 32.2. The third kappa shape index (κ3) is 2.63. The van der Waals surface area contributed by atoms with Crippen LogP contribution in [0.1, 0.15) is 18.4 Å². The van der Waals surface area contributed by atoms with Crippen molar-refractivity contribution in [3.05, 3.63) is 48.3 Å². The Morgan fingerprint density at radius 2 is 2.00 bits per heavy atom. The molecule has 2 aromatic rings. The van der Waals surface area contributed by atoms with Crippen LogP contribution >= 0.6 is 11.8 Å². The van der Waals surface area contributed by atoms with Crippen LogP contribution < -0.4 is 0 Å². The van der Waals surface area contributed by atoms with Crippen LogP contribution in [0.5, 0.6) is 0 Å². The molecule has 1 aromatic carbocycles. The number of aliphatic carboxylic acids is 1. The number of pyridine rings is 1. The molecule has 3 rings (SSSR count). The van der Waals surface area contributed by atoms with Crippen molar-refractivity contribution in [3.8, 4) is 17.2 Å². The van der Waals surface area contributed by atoms with E-state index in [1.165, 1.54) is 11.8 Å². The largest absolute Gasteiger partial charge is 0.480 e. The highest BCUT2D eigenvalue weighted by molar-refractivity contribution is 8.01. The van der Waals surface area contributed by atoms with Gasteiger partial charge in [0.1, 0.15) is 4.75 Å². The quantitative estimate of drug-likeness (QED) is 0.936. The zero-order valence-electron chi connectivity index (χ0n) is 11.1. The molecule has 21 heavy (non-hydrogen) atoms. The van der Waals surface area contributed by atoms with E-state index in [0.29, 0.717) is 18.4 Å². The first kappa shape index (κ1) is 13.7. The Kier molecular flexibility index (Phi) is 3.40. The van der Waals surface area contributed by atoms with Crippen molar-refractivity contribution in [1.29, 1.82) is 5.26 Å². The van der Waals surface area contributed by atoms with Gasteiger partial charge in [0.05, 0.1) is 11.6 Å². The van der Waals surface area contributed by atoms with Crippen LogP contribution in [-0.2, 0) is 4.79 Å². The summed E-state index contributed by atoms with van der Waals surface area (Å²) in [5.74, 6) is -0.755. The molecular weight excluding hydrogens is 284 g/mol. The van der Waals surface area contributed by atoms with E-state index < -0.39 is 10.7 Å². The molecule has 0 bridgehead atoms. The lowest BCUT2D eigenvalue weighted by atomic mass is 10.1. The fraction of sp³-hybridized carbons (Fsp3) is 0.188. The molecule has 0 amide bonds. The SMILES string of the molecule is N#Cc1ccc(-c2cnccc2SC2(C(=O)O)CC2)cc1. The molecule has 0 unspecified atom stereocenters. The summed E-state index contributed by atoms with van der Waals surface area (Å²) < 4.78 is -0.678. The number of nitrogens with zero attached hydrogens (tertiary/aromatic N) is 2. The molecule has 4 nitrogen and oxygen atoms in total. The van der Waals surface area contributed by atoms with Crippen molar-refractivity contribution >= 4 is 17.7 Å². The summed E-state index contributed by atoms with van der Waals surface area (Å²) >= 11 is 1.39. The number of nitriles is 1. The third-order valence-electron chi connectivity index (χ3n) is 3.51. The minimum Gasteiger partial charge on any atom is -0.480 e. The van der Waals surface area contributed by atoms with Gasteiger partial charge < -0.3 is 5.11 Å². The molecule has 104 valence electrons. The van der Waals surface area contributed by atoms with Gasteiger partial charge >= 0.3 is 5.97 Å². The summed E-state index contributed by atoms with van der Waals surface area (Å²) in [6, 6.07) is 11.2. The summed E-state index contributed by atoms with van der Waals surface area (Å²) in [6.45, 7) is 0. The van der Waals surface area contributed by atoms with E-state index in [2.05, 4.69) is 11.1 Å². The van der Waals surface area contributed by atoms with Gasteiger partial charge in [-0.25, -0.2) is 0 Å². The first-order valence-corrected chi connectivity index (χ1v) is 7.33. The van der Waals surface area contributed by atoms with Crippen molar-refractivity contribution in [2.24, 2.45) is 0 Å². The molecule has 1 fully saturated rings. The van der Waals surface area contributed by atoms with Crippen molar-refractivity contribution in [3.63, 3.8) is 0 Å². The smallest absolute Gasteiger partial charge is 0.320 e.